The second-order valence-corrected chi connectivity index (χ2v) is 19.7. The number of phosphoric ester groups is 1. The van der Waals surface area contributed by atoms with Crippen LogP contribution in [-0.2, 0) is 27.9 Å². The molecule has 0 spiro atoms. The number of carbonyl (C=O) groups is 1. The Hall–Kier alpha value is -1.18. The summed E-state index contributed by atoms with van der Waals surface area (Å²) in [6.45, 7) is 4.74. The maximum atomic E-state index is 12.7. The molecule has 0 aromatic heterocycles. The molecule has 0 radical (unpaired) electrons. The summed E-state index contributed by atoms with van der Waals surface area (Å²) >= 11 is 0. The quantitative estimate of drug-likeness (QED) is 0.0150. The molecular weight excluding hydrogens is 758 g/mol. The van der Waals surface area contributed by atoms with Gasteiger partial charge in [-0.2, -0.15) is 0 Å². The van der Waals surface area contributed by atoms with Crippen LogP contribution >= 0.6 is 7.82 Å². The van der Waals surface area contributed by atoms with Crippen molar-refractivity contribution in [3.05, 3.63) is 24.5 Å². The van der Waals surface area contributed by atoms with E-state index in [9.17, 15) is 14.3 Å². The molecule has 0 N–H and O–H groups in total. The molecule has 0 fully saturated rings. The molecule has 0 aliphatic carbocycles. The van der Waals surface area contributed by atoms with Crippen molar-refractivity contribution < 1.29 is 37.3 Å². The third-order valence-electron chi connectivity index (χ3n) is 11.1. The number of allylic oxidation sites excluding steroid dienone is 3. The van der Waals surface area contributed by atoms with Crippen molar-refractivity contribution in [1.82, 2.24) is 0 Å². The molecule has 2 atom stereocenters. The van der Waals surface area contributed by atoms with Crippen molar-refractivity contribution in [2.24, 2.45) is 0 Å². The van der Waals surface area contributed by atoms with Crippen molar-refractivity contribution in [1.29, 1.82) is 0 Å². The summed E-state index contributed by atoms with van der Waals surface area (Å²) in [5, 5.41) is 0. The predicted octanol–water partition coefficient (Wildman–Crippen LogP) is 14.9. The van der Waals surface area contributed by atoms with Gasteiger partial charge < -0.3 is 27.9 Å². The van der Waals surface area contributed by atoms with Crippen molar-refractivity contribution in [3.63, 3.8) is 0 Å². The number of hydrogen-bond donors (Lipinski definition) is 0. The van der Waals surface area contributed by atoms with Gasteiger partial charge in [0.25, 0.3) is 7.82 Å². The predicted molar refractivity (Wildman–Crippen MR) is 249 cm³/mol. The van der Waals surface area contributed by atoms with E-state index < -0.39 is 13.9 Å². The first kappa shape index (κ1) is 57.8. The van der Waals surface area contributed by atoms with Crippen LogP contribution in [-0.4, -0.2) is 64.1 Å². The topological polar surface area (TPSA) is 94.1 Å². The minimum absolute atomic E-state index is 0.0128. The molecule has 9 heteroatoms. The van der Waals surface area contributed by atoms with Crippen molar-refractivity contribution in [3.8, 4) is 0 Å². The molecule has 1 unspecified atom stereocenters. The zero-order chi connectivity index (χ0) is 43.4. The van der Waals surface area contributed by atoms with Crippen LogP contribution in [0, 0.1) is 0 Å². The molecule has 0 amide bonds. The van der Waals surface area contributed by atoms with Crippen LogP contribution in [0.2, 0.25) is 0 Å². The smallest absolute Gasteiger partial charge is 0.306 e. The molecule has 0 saturated carbocycles. The fourth-order valence-corrected chi connectivity index (χ4v) is 7.89. The SMILES string of the molecule is CCCCCCCCCCCCCC/C=C/OC[C@H](COP(=O)([O-])OCC[N+](C)(C)C)OC(=O)CCC/C=C/CCCCCCCCCCCCCCCCCCCC. The highest BCUT2D eigenvalue weighted by Gasteiger charge is 2.20. The Balaban J connectivity index is 4.16. The van der Waals surface area contributed by atoms with E-state index >= 15 is 0 Å². The Kier molecular flexibility index (Phi) is 42.6. The van der Waals surface area contributed by atoms with Gasteiger partial charge in [0.1, 0.15) is 19.8 Å². The number of hydrogen-bond acceptors (Lipinski definition) is 7. The van der Waals surface area contributed by atoms with E-state index in [0.717, 1.165) is 25.7 Å². The first-order valence-corrected chi connectivity index (χ1v) is 26.6. The van der Waals surface area contributed by atoms with Crippen LogP contribution in [0.15, 0.2) is 24.5 Å². The molecule has 8 nitrogen and oxygen atoms in total. The molecule has 0 saturated heterocycles. The number of esters is 1. The molecule has 0 aliphatic rings. The van der Waals surface area contributed by atoms with Crippen LogP contribution in [0.25, 0.3) is 0 Å². The molecular formula is C50H98NO7P. The van der Waals surface area contributed by atoms with Gasteiger partial charge in [-0.05, 0) is 44.6 Å². The van der Waals surface area contributed by atoms with E-state index in [1.165, 1.54) is 186 Å². The van der Waals surface area contributed by atoms with E-state index in [4.69, 9.17) is 18.5 Å². The largest absolute Gasteiger partial charge is 0.756 e. The lowest BCUT2D eigenvalue weighted by atomic mass is 10.0. The lowest BCUT2D eigenvalue weighted by Crippen LogP contribution is -2.37. The average molecular weight is 856 g/mol. The number of carbonyl (C=O) groups excluding carboxylic acids is 1. The lowest BCUT2D eigenvalue weighted by molar-refractivity contribution is -0.870. The van der Waals surface area contributed by atoms with E-state index in [-0.39, 0.29) is 32.2 Å². The maximum absolute atomic E-state index is 12.7. The zero-order valence-corrected chi connectivity index (χ0v) is 40.6. The molecule has 0 aromatic rings. The van der Waals surface area contributed by atoms with Crippen molar-refractivity contribution in [2.45, 2.75) is 245 Å². The van der Waals surface area contributed by atoms with Gasteiger partial charge in [0.05, 0.1) is 34.0 Å². The summed E-state index contributed by atoms with van der Waals surface area (Å²) in [5.74, 6) is -0.383. The number of ether oxygens (including phenoxy) is 2. The summed E-state index contributed by atoms with van der Waals surface area (Å²) in [7, 11) is 1.32. The van der Waals surface area contributed by atoms with Gasteiger partial charge in [0.2, 0.25) is 0 Å². The summed E-state index contributed by atoms with van der Waals surface area (Å²) in [6.07, 6.45) is 51.7. The third-order valence-corrected chi connectivity index (χ3v) is 12.0. The fraction of sp³-hybridized carbons (Fsp3) is 0.900. The Morgan fingerprint density at radius 2 is 0.898 bits per heavy atom. The van der Waals surface area contributed by atoms with E-state index in [1.54, 1.807) is 6.26 Å². The highest BCUT2D eigenvalue weighted by molar-refractivity contribution is 7.45. The average Bonchev–Trinajstić information content (AvgIpc) is 3.19. The Morgan fingerprint density at radius 1 is 0.525 bits per heavy atom. The van der Waals surface area contributed by atoms with Gasteiger partial charge in [-0.1, -0.05) is 206 Å². The Bertz CT molecular complexity index is 998. The number of nitrogens with zero attached hydrogens (tertiary/aromatic N) is 1. The van der Waals surface area contributed by atoms with Crippen molar-refractivity contribution >= 4 is 13.8 Å². The fourth-order valence-electron chi connectivity index (χ4n) is 7.17. The lowest BCUT2D eigenvalue weighted by Gasteiger charge is -2.28. The molecule has 0 heterocycles. The van der Waals surface area contributed by atoms with Gasteiger partial charge in [-0.3, -0.25) is 9.36 Å². The Morgan fingerprint density at radius 3 is 1.31 bits per heavy atom. The van der Waals surface area contributed by atoms with Crippen LogP contribution in [0.3, 0.4) is 0 Å². The minimum atomic E-state index is -4.55. The van der Waals surface area contributed by atoms with Gasteiger partial charge >= 0.3 is 5.97 Å². The first-order valence-electron chi connectivity index (χ1n) is 25.1. The molecule has 0 aromatic carbocycles. The Labute approximate surface area is 366 Å². The van der Waals surface area contributed by atoms with E-state index in [0.29, 0.717) is 17.4 Å². The number of quaternary nitrogens is 1. The molecule has 350 valence electrons. The summed E-state index contributed by atoms with van der Waals surface area (Å²) in [5.41, 5.74) is 0. The zero-order valence-electron chi connectivity index (χ0n) is 39.7. The normalized spacial score (nSPS) is 13.7. The van der Waals surface area contributed by atoms with Gasteiger partial charge in [0, 0.05) is 6.42 Å². The minimum Gasteiger partial charge on any atom is -0.756 e. The van der Waals surface area contributed by atoms with Gasteiger partial charge in [0.15, 0.2) is 6.10 Å². The maximum Gasteiger partial charge on any atom is 0.306 e. The second-order valence-electron chi connectivity index (χ2n) is 18.2. The molecule has 0 aliphatic heterocycles. The monoisotopic (exact) mass is 856 g/mol. The molecule has 59 heavy (non-hydrogen) atoms. The second kappa shape index (κ2) is 43.5. The highest BCUT2D eigenvalue weighted by atomic mass is 31.2. The van der Waals surface area contributed by atoms with Crippen LogP contribution in [0.4, 0.5) is 0 Å². The van der Waals surface area contributed by atoms with Crippen LogP contribution in [0.5, 0.6) is 0 Å². The number of phosphoric acid groups is 1. The summed E-state index contributed by atoms with van der Waals surface area (Å²) < 4.78 is 34.4. The first-order chi connectivity index (χ1) is 28.6. The van der Waals surface area contributed by atoms with E-state index in [2.05, 4.69) is 26.0 Å². The van der Waals surface area contributed by atoms with Gasteiger partial charge in [-0.25, -0.2) is 0 Å². The molecule has 0 rings (SSSR count). The standard InChI is InChI=1S/C50H98NO7P/c1-6-8-10-12-14-16-18-20-22-23-24-25-26-27-28-29-30-31-33-35-37-39-41-43-50(52)58-49(48-57-59(53,54)56-46-44-51(3,4)5)47-55-45-42-40-38-36-34-32-21-19-17-15-13-11-9-7-2/h35,37,42,45,49H,6-34,36,38-41,43-44,46-48H2,1-5H3/b37-35+,45-42+/t49-/m1/s1. The summed E-state index contributed by atoms with van der Waals surface area (Å²) in [6, 6.07) is 0. The van der Waals surface area contributed by atoms with Crippen molar-refractivity contribution in [2.75, 3.05) is 47.5 Å². The van der Waals surface area contributed by atoms with Gasteiger partial charge in [-0.15, -0.1) is 0 Å². The number of likely N-dealkylation sites (N-methyl/N-ethyl adjacent to an activating group) is 1. The number of rotatable bonds is 47. The summed E-state index contributed by atoms with van der Waals surface area (Å²) in [4.78, 5) is 25.1. The molecule has 0 bridgehead atoms. The highest BCUT2D eigenvalue weighted by Crippen LogP contribution is 2.38. The van der Waals surface area contributed by atoms with E-state index in [1.807, 2.05) is 27.2 Å². The van der Waals surface area contributed by atoms with Crippen LogP contribution in [0.1, 0.15) is 239 Å². The third kappa shape index (κ3) is 47.7. The van der Waals surface area contributed by atoms with Crippen LogP contribution < -0.4 is 4.89 Å². The number of unbranched alkanes of at least 4 members (excludes halogenated alkanes) is 31.